The van der Waals surface area contributed by atoms with Gasteiger partial charge in [-0.3, -0.25) is 9.78 Å². The molecule has 1 heterocycles. The normalized spacial score (nSPS) is 18.7. The van der Waals surface area contributed by atoms with Crippen LogP contribution in [0.25, 0.3) is 11.1 Å². The van der Waals surface area contributed by atoms with E-state index < -0.39 is 0 Å². The lowest BCUT2D eigenvalue weighted by molar-refractivity contribution is -0.120. The molecule has 6 heteroatoms. The summed E-state index contributed by atoms with van der Waals surface area (Å²) in [6.07, 6.45) is 2.89. The summed E-state index contributed by atoms with van der Waals surface area (Å²) in [5.41, 5.74) is 11.4. The van der Waals surface area contributed by atoms with Crippen LogP contribution in [-0.2, 0) is 16.1 Å². The van der Waals surface area contributed by atoms with Gasteiger partial charge in [-0.1, -0.05) is 56.7 Å². The van der Waals surface area contributed by atoms with E-state index >= 15 is 0 Å². The summed E-state index contributed by atoms with van der Waals surface area (Å²) >= 11 is 0. The Balaban J connectivity index is 1.54. The first-order valence-corrected chi connectivity index (χ1v) is 12.3. The molecular formula is C29H34FN3O2. The van der Waals surface area contributed by atoms with Crippen molar-refractivity contribution in [2.75, 3.05) is 18.6 Å². The first-order chi connectivity index (χ1) is 16.9. The first kappa shape index (κ1) is 25.0. The van der Waals surface area contributed by atoms with E-state index in [2.05, 4.69) is 43.1 Å². The number of carbonyl (C=O) groups excluding carboxylic acids is 1. The van der Waals surface area contributed by atoms with E-state index in [0.717, 1.165) is 40.9 Å². The minimum atomic E-state index is -0.369. The van der Waals surface area contributed by atoms with Crippen molar-refractivity contribution in [3.63, 3.8) is 0 Å². The highest BCUT2D eigenvalue weighted by molar-refractivity contribution is 5.97. The van der Waals surface area contributed by atoms with Gasteiger partial charge < -0.3 is 15.4 Å². The number of methoxy groups -OCH3 is 1. The smallest absolute Gasteiger partial charge is 0.230 e. The second kappa shape index (κ2) is 11.1. The highest BCUT2D eigenvalue weighted by atomic mass is 19.1. The van der Waals surface area contributed by atoms with E-state index in [1.807, 2.05) is 29.2 Å². The second-order valence-electron chi connectivity index (χ2n) is 9.53. The largest absolute Gasteiger partial charge is 0.380 e. The summed E-state index contributed by atoms with van der Waals surface area (Å²) in [6, 6.07) is 19.3. The molecule has 0 bridgehead atoms. The summed E-state index contributed by atoms with van der Waals surface area (Å²) in [5, 5.41) is 0. The molecule has 0 aliphatic heterocycles. The van der Waals surface area contributed by atoms with Crippen LogP contribution in [0.4, 0.5) is 10.1 Å². The van der Waals surface area contributed by atoms with Crippen molar-refractivity contribution in [3.8, 4) is 11.1 Å². The Morgan fingerprint density at radius 3 is 2.34 bits per heavy atom. The van der Waals surface area contributed by atoms with Gasteiger partial charge >= 0.3 is 0 Å². The maximum Gasteiger partial charge on any atom is 0.230 e. The number of aromatic nitrogens is 1. The van der Waals surface area contributed by atoms with Crippen molar-refractivity contribution in [3.05, 3.63) is 83.9 Å². The molecule has 1 aliphatic rings. The number of carbonyl (C=O) groups is 1. The molecule has 35 heavy (non-hydrogen) atoms. The molecule has 0 saturated heterocycles. The van der Waals surface area contributed by atoms with Gasteiger partial charge in [0.15, 0.2) is 0 Å². The SMILES string of the molecule is CC[C@H](C)[C@H](N)CN(C(=O)[C@@H]1C[C@H]1c1ccc(F)cn1)c1ccc(-c2ccc(COC)cc2)cc1. The van der Waals surface area contributed by atoms with Crippen LogP contribution < -0.4 is 10.6 Å². The third-order valence-electron chi connectivity index (χ3n) is 7.05. The summed E-state index contributed by atoms with van der Waals surface area (Å²) in [4.78, 5) is 19.6. The molecule has 0 spiro atoms. The van der Waals surface area contributed by atoms with Gasteiger partial charge in [-0.15, -0.1) is 0 Å². The quantitative estimate of drug-likeness (QED) is 0.418. The molecule has 4 rings (SSSR count). The molecule has 2 N–H and O–H groups in total. The van der Waals surface area contributed by atoms with E-state index in [0.29, 0.717) is 19.1 Å². The van der Waals surface area contributed by atoms with Gasteiger partial charge in [-0.05, 0) is 53.3 Å². The zero-order chi connectivity index (χ0) is 24.9. The van der Waals surface area contributed by atoms with Gasteiger partial charge in [-0.25, -0.2) is 4.39 Å². The number of pyridine rings is 1. The Hall–Kier alpha value is -3.09. The number of nitrogens with two attached hydrogens (primary N) is 1. The third kappa shape index (κ3) is 5.95. The van der Waals surface area contributed by atoms with Crippen LogP contribution >= 0.6 is 0 Å². The molecule has 1 aliphatic carbocycles. The zero-order valence-electron chi connectivity index (χ0n) is 20.7. The molecule has 0 radical (unpaired) electrons. The van der Waals surface area contributed by atoms with E-state index in [9.17, 15) is 9.18 Å². The molecule has 4 atom stereocenters. The van der Waals surface area contributed by atoms with Crippen molar-refractivity contribution in [1.82, 2.24) is 4.98 Å². The molecule has 2 aromatic carbocycles. The number of rotatable bonds is 10. The number of nitrogens with zero attached hydrogens (tertiary/aromatic N) is 2. The summed E-state index contributed by atoms with van der Waals surface area (Å²) < 4.78 is 18.5. The lowest BCUT2D eigenvalue weighted by atomic mass is 9.98. The van der Waals surface area contributed by atoms with Crippen molar-refractivity contribution >= 4 is 11.6 Å². The number of benzene rings is 2. The van der Waals surface area contributed by atoms with Crippen LogP contribution in [0.3, 0.4) is 0 Å². The highest BCUT2D eigenvalue weighted by Gasteiger charge is 2.47. The predicted molar refractivity (Wildman–Crippen MR) is 137 cm³/mol. The van der Waals surface area contributed by atoms with Crippen LogP contribution in [-0.4, -0.2) is 30.6 Å². The maximum absolute atomic E-state index is 13.6. The molecule has 1 aromatic heterocycles. The number of hydrogen-bond acceptors (Lipinski definition) is 4. The average molecular weight is 476 g/mol. The fraction of sp³-hybridized carbons (Fsp3) is 0.379. The van der Waals surface area contributed by atoms with Gasteiger partial charge in [0.05, 0.1) is 12.8 Å². The van der Waals surface area contributed by atoms with Crippen molar-refractivity contribution in [2.24, 2.45) is 17.6 Å². The monoisotopic (exact) mass is 475 g/mol. The van der Waals surface area contributed by atoms with Crippen molar-refractivity contribution in [1.29, 1.82) is 0 Å². The first-order valence-electron chi connectivity index (χ1n) is 12.3. The molecule has 5 nitrogen and oxygen atoms in total. The molecule has 1 fully saturated rings. The maximum atomic E-state index is 13.6. The Morgan fingerprint density at radius 1 is 1.11 bits per heavy atom. The predicted octanol–water partition coefficient (Wildman–Crippen LogP) is 5.54. The van der Waals surface area contributed by atoms with E-state index in [-0.39, 0.29) is 29.6 Å². The number of hydrogen-bond donors (Lipinski definition) is 1. The molecule has 0 unspecified atom stereocenters. The Morgan fingerprint density at radius 2 is 1.77 bits per heavy atom. The standard InChI is InChI=1S/C29H34FN3O2/c1-4-19(2)27(31)17-33(29(34)26-15-25(26)28-14-11-23(30)16-32-28)24-12-9-22(10-13-24)21-7-5-20(6-8-21)18-35-3/h5-14,16,19,25-27H,4,15,17-18,31H2,1-3H3/t19-,25+,26+,27+/m0/s1. The lowest BCUT2D eigenvalue weighted by Crippen LogP contribution is -2.45. The summed E-state index contributed by atoms with van der Waals surface area (Å²) in [6.45, 7) is 5.27. The minimum Gasteiger partial charge on any atom is -0.380 e. The van der Waals surface area contributed by atoms with Crippen LogP contribution in [0.1, 0.15) is 43.9 Å². The fourth-order valence-corrected chi connectivity index (χ4v) is 4.41. The van der Waals surface area contributed by atoms with E-state index in [1.165, 1.54) is 12.3 Å². The minimum absolute atomic E-state index is 0.0234. The molecule has 3 aromatic rings. The number of halogens is 1. The molecule has 1 saturated carbocycles. The summed E-state index contributed by atoms with van der Waals surface area (Å²) in [7, 11) is 1.69. The molecular weight excluding hydrogens is 441 g/mol. The van der Waals surface area contributed by atoms with Gasteiger partial charge in [0, 0.05) is 42.9 Å². The van der Waals surface area contributed by atoms with Crippen LogP contribution in [0, 0.1) is 17.7 Å². The van der Waals surface area contributed by atoms with Crippen molar-refractivity contribution < 1.29 is 13.9 Å². The Bertz CT molecular complexity index is 1120. The number of anilines is 1. The van der Waals surface area contributed by atoms with Gasteiger partial charge in [0.25, 0.3) is 0 Å². The van der Waals surface area contributed by atoms with Crippen LogP contribution in [0.5, 0.6) is 0 Å². The van der Waals surface area contributed by atoms with Gasteiger partial charge in [0.1, 0.15) is 5.82 Å². The van der Waals surface area contributed by atoms with Gasteiger partial charge in [-0.2, -0.15) is 0 Å². The van der Waals surface area contributed by atoms with Crippen LogP contribution in [0.15, 0.2) is 66.9 Å². The second-order valence-corrected chi connectivity index (χ2v) is 9.53. The number of ether oxygens (including phenoxy) is 1. The number of amides is 1. The Kier molecular flexibility index (Phi) is 7.93. The van der Waals surface area contributed by atoms with E-state index in [1.54, 1.807) is 13.2 Å². The zero-order valence-corrected chi connectivity index (χ0v) is 20.7. The highest BCUT2D eigenvalue weighted by Crippen LogP contribution is 2.48. The molecule has 184 valence electrons. The lowest BCUT2D eigenvalue weighted by Gasteiger charge is -2.29. The average Bonchev–Trinajstić information content (AvgIpc) is 3.68. The van der Waals surface area contributed by atoms with E-state index in [4.69, 9.17) is 10.5 Å². The van der Waals surface area contributed by atoms with Crippen molar-refractivity contribution in [2.45, 2.75) is 45.3 Å². The topological polar surface area (TPSA) is 68.5 Å². The third-order valence-corrected chi connectivity index (χ3v) is 7.05. The molecule has 1 amide bonds. The van der Waals surface area contributed by atoms with Gasteiger partial charge in [0.2, 0.25) is 5.91 Å². The summed E-state index contributed by atoms with van der Waals surface area (Å²) in [5.74, 6) is -0.159. The Labute approximate surface area is 207 Å². The fourth-order valence-electron chi connectivity index (χ4n) is 4.41. The van der Waals surface area contributed by atoms with Crippen LogP contribution in [0.2, 0.25) is 0 Å².